The zero-order valence-electron chi connectivity index (χ0n) is 85.0. The number of hydrogen-bond donors (Lipinski definition) is 16. The van der Waals surface area contributed by atoms with Gasteiger partial charge in [-0.05, 0) is 387 Å². The molecular weight excluding hydrogens is 1580 g/mol. The predicted octanol–water partition coefficient (Wildman–Crippen LogP) is 2.51. The van der Waals surface area contributed by atoms with E-state index < -0.39 is 0 Å². The second-order valence-corrected chi connectivity index (χ2v) is 39.1. The molecule has 0 amide bonds. The van der Waals surface area contributed by atoms with E-state index in [4.69, 9.17) is 73.9 Å². The molecule has 0 spiro atoms. The summed E-state index contributed by atoms with van der Waals surface area (Å²) in [5.74, 6) is 0. The normalized spacial score (nSPS) is 29.8. The Morgan fingerprint density at radius 1 is 0.254 bits per heavy atom. The van der Waals surface area contributed by atoms with E-state index in [0.717, 1.165) is 116 Å². The van der Waals surface area contributed by atoms with Gasteiger partial charge in [-0.25, -0.2) is 0 Å². The number of β-amino-alcohol motifs (C(OH)–C–C–N with tert-alkyl or cyclic N) is 1. The number of hydrogen-bond acceptors (Lipinski definition) is 30. The molecule has 14 atom stereocenters. The molecule has 0 aromatic rings. The van der Waals surface area contributed by atoms with Crippen LogP contribution in [-0.2, 0) is 0 Å². The third kappa shape index (κ3) is 52.8. The molecule has 15 rings (SSSR count). The van der Waals surface area contributed by atoms with Crippen molar-refractivity contribution in [3.63, 3.8) is 0 Å². The number of piperidine rings is 1. The van der Waals surface area contributed by atoms with Gasteiger partial charge in [0.05, 0.1) is 6.61 Å². The van der Waals surface area contributed by atoms with E-state index in [0.29, 0.717) is 66.5 Å². The minimum Gasteiger partial charge on any atom is -0.395 e. The largest absolute Gasteiger partial charge is 0.395 e. The highest BCUT2D eigenvalue weighted by Gasteiger charge is 2.30. The van der Waals surface area contributed by atoms with Crippen LogP contribution in [-0.4, -0.2) is 470 Å². The summed E-state index contributed by atoms with van der Waals surface area (Å²) >= 11 is 0. The predicted molar refractivity (Wildman–Crippen MR) is 545 cm³/mol. The Morgan fingerprint density at radius 3 is 0.722 bits per heavy atom. The van der Waals surface area contributed by atoms with Gasteiger partial charge < -0.3 is 129 Å². The third-order valence-corrected chi connectivity index (χ3v) is 29.4. The molecule has 0 bridgehead atoms. The van der Waals surface area contributed by atoms with Gasteiger partial charge in [0.25, 0.3) is 0 Å². The maximum atomic E-state index is 8.66. The fraction of sp³-hybridized carbons (Fsp3) is 1.00. The van der Waals surface area contributed by atoms with Crippen LogP contribution in [0.2, 0.25) is 0 Å². The standard InChI is InChI=1S/C11H22N2.C9H20N2.C8H18N2.C7H17N3.C7H16N2O.3C7H16N2.3C6H14N2.3C5H12N2/c1-12-7-5-6-11(12)10-13-8-3-2-4-9-13;1-4-11-7-5-6-9(11)8-10(2)3;1-9(2)7-8-5-4-6-10(8)3;8-3-5-10-4-1-2-7(10)6-9;8-6-7-2-1-3-9(7)4-5-10;3*1-2-9-5-3-4-7(9)6-8;3*1-8-4-2-3-6(8)5-7;3*6-4-5-2-1-3-7-5/h11H,2-10H2,1H3;9H,4-8H2,1-3H3;8H,4-7H2,1-3H3;7H,1-6,8-9H2;7,10H,1-6,8H2;3*7H,2-6,8H2,1H3;3*6H,2-5,7H2,1H3;3*5,7H,1-4,6H2/t;9-;;;;2*7-;;2*6-;;2*5-;/m.0...10.10.10./s1. The summed E-state index contributed by atoms with van der Waals surface area (Å²) in [5.41, 5.74) is 65.8. The van der Waals surface area contributed by atoms with Crippen LogP contribution in [0.5, 0.6) is 0 Å². The fourth-order valence-electron chi connectivity index (χ4n) is 20.9. The molecule has 28 N–H and O–H groups in total. The Morgan fingerprint density at radius 2 is 0.500 bits per heavy atom. The van der Waals surface area contributed by atoms with Gasteiger partial charge in [-0.3, -0.25) is 29.4 Å². The van der Waals surface area contributed by atoms with Crippen molar-refractivity contribution in [2.75, 3.05) is 312 Å². The molecule has 30 nitrogen and oxygen atoms in total. The molecule has 0 aliphatic carbocycles. The summed E-state index contributed by atoms with van der Waals surface area (Å²) < 4.78 is 0. The number of nitrogens with zero attached hydrogens (tertiary/aromatic N) is 14. The monoisotopic (exact) mass is 1790 g/mol. The second-order valence-electron chi connectivity index (χ2n) is 39.1. The molecule has 15 aliphatic heterocycles. The summed E-state index contributed by atoms with van der Waals surface area (Å²) in [4.78, 5) is 33.8. The summed E-state index contributed by atoms with van der Waals surface area (Å²) in [6, 6.07) is 9.62. The van der Waals surface area contributed by atoms with Crippen LogP contribution in [0.4, 0.5) is 0 Å². The summed E-state index contributed by atoms with van der Waals surface area (Å²) in [6.45, 7) is 49.1. The Hall–Kier alpha value is -1.20. The number of nitrogens with two attached hydrogens (primary N) is 12. The molecule has 126 heavy (non-hydrogen) atoms. The van der Waals surface area contributed by atoms with Crippen molar-refractivity contribution >= 4 is 0 Å². The Balaban J connectivity index is 0.000000461. The van der Waals surface area contributed by atoms with Crippen molar-refractivity contribution in [2.45, 2.75) is 311 Å². The van der Waals surface area contributed by atoms with Crippen molar-refractivity contribution < 1.29 is 5.11 Å². The molecule has 0 radical (unpaired) electrons. The van der Waals surface area contributed by atoms with Crippen LogP contribution < -0.4 is 84.8 Å². The van der Waals surface area contributed by atoms with Crippen LogP contribution in [0.3, 0.4) is 0 Å². The van der Waals surface area contributed by atoms with E-state index in [-0.39, 0.29) is 6.61 Å². The van der Waals surface area contributed by atoms with Crippen molar-refractivity contribution in [1.29, 1.82) is 0 Å². The van der Waals surface area contributed by atoms with Crippen molar-refractivity contribution in [1.82, 2.24) is 84.5 Å². The van der Waals surface area contributed by atoms with Gasteiger partial charge in [0.1, 0.15) is 0 Å². The van der Waals surface area contributed by atoms with Crippen molar-refractivity contribution in [3.05, 3.63) is 0 Å². The van der Waals surface area contributed by atoms with Gasteiger partial charge in [0.2, 0.25) is 0 Å². The van der Waals surface area contributed by atoms with Crippen LogP contribution in [0.15, 0.2) is 0 Å². The smallest absolute Gasteiger partial charge is 0.0558 e. The topological polar surface area (TPSA) is 414 Å². The highest BCUT2D eigenvalue weighted by atomic mass is 16.3. The lowest BCUT2D eigenvalue weighted by molar-refractivity contribution is 0.169. The van der Waals surface area contributed by atoms with Gasteiger partial charge in [-0.15, -0.1) is 0 Å². The maximum Gasteiger partial charge on any atom is 0.0558 e. The van der Waals surface area contributed by atoms with E-state index >= 15 is 0 Å². The lowest BCUT2D eigenvalue weighted by atomic mass is 10.1. The summed E-state index contributed by atoms with van der Waals surface area (Å²) in [6.07, 6.45) is 41.3. The third-order valence-electron chi connectivity index (χ3n) is 29.4. The summed E-state index contributed by atoms with van der Waals surface area (Å²) in [5, 5.41) is 18.5. The molecule has 15 aliphatic rings. The van der Waals surface area contributed by atoms with Gasteiger partial charge >= 0.3 is 0 Å². The molecule has 15 saturated heterocycles. The quantitative estimate of drug-likeness (QED) is 0.0624. The first kappa shape index (κ1) is 121. The van der Waals surface area contributed by atoms with Crippen LogP contribution in [0, 0.1) is 0 Å². The first-order chi connectivity index (χ1) is 61.0. The minimum atomic E-state index is 0.260. The van der Waals surface area contributed by atoms with Crippen molar-refractivity contribution in [3.8, 4) is 0 Å². The number of aliphatic hydroxyl groups is 1. The molecule has 15 heterocycles. The van der Waals surface area contributed by atoms with Gasteiger partial charge in [-0.2, -0.15) is 0 Å². The van der Waals surface area contributed by atoms with E-state index in [1.807, 2.05) is 0 Å². The van der Waals surface area contributed by atoms with Gasteiger partial charge in [0, 0.05) is 196 Å². The Labute approximate surface area is 778 Å². The molecule has 754 valence electrons. The molecule has 7 unspecified atom stereocenters. The van der Waals surface area contributed by atoms with E-state index in [1.54, 1.807) is 0 Å². The second kappa shape index (κ2) is 77.9. The van der Waals surface area contributed by atoms with Crippen LogP contribution >= 0.6 is 0 Å². The van der Waals surface area contributed by atoms with Crippen molar-refractivity contribution in [2.24, 2.45) is 68.8 Å². The van der Waals surface area contributed by atoms with Crippen LogP contribution in [0.1, 0.15) is 227 Å². The molecule has 0 saturated carbocycles. The zero-order chi connectivity index (χ0) is 93.1. The van der Waals surface area contributed by atoms with Gasteiger partial charge in [-0.1, -0.05) is 34.1 Å². The number of likely N-dealkylation sites (N-methyl/N-ethyl adjacent to an activating group) is 11. The SMILES string of the molecule is CCN1CCCC1CN.CCN1CCC[C@@H]1CN.CCN1CCC[C@H]1CN.CCN1CCC[C@H]1CN(C)C.CN(C)CC1CCCN1C.CN1CCCC1CN.CN1CCCC1CN1CCCCC1.CN1CCC[C@@H]1CN.CN1CCC[C@H]1CN.NCC1CCCN1.NCC1CCCN1CCO.NCCN1CCCC1CN.NC[C@@H]1CCCN1.NC[C@H]1CCCN1. The number of aliphatic hydroxyl groups excluding tert-OH is 1. The zero-order valence-corrected chi connectivity index (χ0v) is 85.0. The summed E-state index contributed by atoms with van der Waals surface area (Å²) in [7, 11) is 19.5. The Bertz CT molecular complexity index is 2160. The molecule has 0 aromatic heterocycles. The van der Waals surface area contributed by atoms with Crippen LogP contribution in [0.25, 0.3) is 0 Å². The van der Waals surface area contributed by atoms with Gasteiger partial charge in [0.15, 0.2) is 0 Å². The molecule has 30 heteroatoms. The van der Waals surface area contributed by atoms with E-state index in [9.17, 15) is 0 Å². The Kier molecular flexibility index (Phi) is 74.7. The highest BCUT2D eigenvalue weighted by Crippen LogP contribution is 2.23. The average Bonchev–Trinajstić information content (AvgIpc) is 2.14. The lowest BCUT2D eigenvalue weighted by Crippen LogP contribution is -2.40. The van der Waals surface area contributed by atoms with E-state index in [2.05, 4.69) is 176 Å². The minimum absolute atomic E-state index is 0.260. The van der Waals surface area contributed by atoms with E-state index in [1.165, 1.54) is 343 Å². The lowest BCUT2D eigenvalue weighted by Gasteiger charge is -2.31. The molecule has 15 fully saturated rings. The maximum absolute atomic E-state index is 8.66. The first-order valence-electron chi connectivity index (χ1n) is 52.2. The molecule has 0 aromatic carbocycles. The number of likely N-dealkylation sites (tertiary alicyclic amines) is 12. The molecular formula is C96H219N29O. The average molecular weight is 1800 g/mol. The number of rotatable bonds is 25. The fourth-order valence-corrected chi connectivity index (χ4v) is 20.9. The highest BCUT2D eigenvalue weighted by molar-refractivity contribution is 4.87. The first-order valence-corrected chi connectivity index (χ1v) is 52.2. The number of nitrogens with one attached hydrogen (secondary N) is 3.